The van der Waals surface area contributed by atoms with Crippen LogP contribution in [0.15, 0.2) is 41.5 Å². The molecule has 4 rings (SSSR count). The summed E-state index contributed by atoms with van der Waals surface area (Å²) >= 11 is 0. The highest BCUT2D eigenvalue weighted by Gasteiger charge is 2.55. The van der Waals surface area contributed by atoms with Gasteiger partial charge in [-0.15, -0.1) is 0 Å². The number of rotatable bonds is 5. The first-order valence-electron chi connectivity index (χ1n) is 8.74. The fourth-order valence-corrected chi connectivity index (χ4v) is 3.67. The average Bonchev–Trinajstić information content (AvgIpc) is 3.09. The molecule has 2 unspecified atom stereocenters. The summed E-state index contributed by atoms with van der Waals surface area (Å²) in [5.41, 5.74) is 6.65. The number of benzene rings is 1. The van der Waals surface area contributed by atoms with Gasteiger partial charge in [-0.2, -0.15) is 0 Å². The lowest BCUT2D eigenvalue weighted by atomic mass is 10.2. The Morgan fingerprint density at radius 2 is 2.11 bits per heavy atom. The van der Waals surface area contributed by atoms with Crippen LogP contribution >= 0.6 is 0 Å². The van der Waals surface area contributed by atoms with Crippen LogP contribution in [-0.2, 0) is 4.79 Å². The van der Waals surface area contributed by atoms with E-state index in [9.17, 15) is 13.6 Å². The molecule has 1 aliphatic heterocycles. The standard InChI is InChI=1S/C19H19F2N5O/c20-11-3-4-17(15(21)6-11)26-9-13-12(14(13)10-26)7-24-18(27)8-25-19-16(22)2-1-5-23-19/h1-7,12-14H,8-10,22H2,(H,23,25). The molecule has 140 valence electrons. The largest absolute Gasteiger partial charge is 0.396 e. The highest BCUT2D eigenvalue weighted by Crippen LogP contribution is 2.51. The second kappa shape index (κ2) is 6.94. The lowest BCUT2D eigenvalue weighted by Gasteiger charge is -2.21. The molecular weight excluding hydrogens is 352 g/mol. The summed E-state index contributed by atoms with van der Waals surface area (Å²) in [6, 6.07) is 7.05. The molecule has 0 radical (unpaired) electrons. The topological polar surface area (TPSA) is 83.6 Å². The van der Waals surface area contributed by atoms with E-state index in [4.69, 9.17) is 5.73 Å². The molecule has 2 aliphatic rings. The second-order valence-corrected chi connectivity index (χ2v) is 6.87. The Morgan fingerprint density at radius 3 is 2.81 bits per heavy atom. The van der Waals surface area contributed by atoms with Gasteiger partial charge in [-0.3, -0.25) is 4.79 Å². The Bertz CT molecular complexity index is 891. The van der Waals surface area contributed by atoms with E-state index in [0.29, 0.717) is 42.1 Å². The van der Waals surface area contributed by atoms with E-state index >= 15 is 0 Å². The summed E-state index contributed by atoms with van der Waals surface area (Å²) in [6.07, 6.45) is 3.28. The maximum absolute atomic E-state index is 13.9. The van der Waals surface area contributed by atoms with Gasteiger partial charge in [0.1, 0.15) is 17.5 Å². The van der Waals surface area contributed by atoms with Gasteiger partial charge in [0.25, 0.3) is 5.91 Å². The lowest BCUT2D eigenvalue weighted by Crippen LogP contribution is -2.25. The van der Waals surface area contributed by atoms with E-state index in [1.54, 1.807) is 24.5 Å². The summed E-state index contributed by atoms with van der Waals surface area (Å²) in [4.78, 5) is 21.9. The number of nitrogen functional groups attached to an aromatic ring is 1. The maximum atomic E-state index is 13.9. The van der Waals surface area contributed by atoms with Crippen LogP contribution in [0.2, 0.25) is 0 Å². The molecule has 2 heterocycles. The van der Waals surface area contributed by atoms with Gasteiger partial charge in [0, 0.05) is 37.5 Å². The fraction of sp³-hybridized carbons (Fsp3) is 0.316. The van der Waals surface area contributed by atoms with Crippen LogP contribution in [0.1, 0.15) is 0 Å². The molecule has 0 spiro atoms. The van der Waals surface area contributed by atoms with Crippen molar-refractivity contribution in [2.24, 2.45) is 22.7 Å². The number of halogens is 2. The number of carbonyl (C=O) groups excluding carboxylic acids is 1. The molecular formula is C19H19F2N5O. The molecule has 1 aromatic carbocycles. The minimum absolute atomic E-state index is 0.0205. The fourth-order valence-electron chi connectivity index (χ4n) is 3.67. The van der Waals surface area contributed by atoms with E-state index in [0.717, 1.165) is 6.07 Å². The second-order valence-electron chi connectivity index (χ2n) is 6.87. The van der Waals surface area contributed by atoms with Crippen LogP contribution in [0.5, 0.6) is 0 Å². The minimum atomic E-state index is -0.579. The lowest BCUT2D eigenvalue weighted by molar-refractivity contribution is -0.116. The van der Waals surface area contributed by atoms with Crippen molar-refractivity contribution in [3.8, 4) is 0 Å². The summed E-state index contributed by atoms with van der Waals surface area (Å²) in [5.74, 6) is -0.0287. The van der Waals surface area contributed by atoms with Gasteiger partial charge < -0.3 is 16.0 Å². The highest BCUT2D eigenvalue weighted by atomic mass is 19.1. The van der Waals surface area contributed by atoms with Crippen molar-refractivity contribution in [2.75, 3.05) is 35.6 Å². The number of hydrogen-bond donors (Lipinski definition) is 2. The van der Waals surface area contributed by atoms with E-state index in [1.165, 1.54) is 12.1 Å². The molecule has 1 amide bonds. The number of pyridine rings is 1. The van der Waals surface area contributed by atoms with Crippen LogP contribution in [0.4, 0.5) is 26.0 Å². The van der Waals surface area contributed by atoms with Crippen molar-refractivity contribution in [3.05, 3.63) is 48.2 Å². The van der Waals surface area contributed by atoms with Crippen molar-refractivity contribution < 1.29 is 13.6 Å². The highest BCUT2D eigenvalue weighted by molar-refractivity contribution is 5.89. The zero-order valence-electron chi connectivity index (χ0n) is 14.5. The number of anilines is 3. The average molecular weight is 371 g/mol. The third-order valence-corrected chi connectivity index (χ3v) is 5.15. The minimum Gasteiger partial charge on any atom is -0.396 e. The first-order chi connectivity index (χ1) is 13.0. The van der Waals surface area contributed by atoms with Gasteiger partial charge in [0.2, 0.25) is 0 Å². The van der Waals surface area contributed by atoms with Crippen LogP contribution < -0.4 is 16.0 Å². The van der Waals surface area contributed by atoms with Crippen LogP contribution in [0, 0.1) is 29.4 Å². The van der Waals surface area contributed by atoms with E-state index in [-0.39, 0.29) is 18.4 Å². The molecule has 27 heavy (non-hydrogen) atoms. The van der Waals surface area contributed by atoms with E-state index < -0.39 is 11.6 Å². The normalized spacial score (nSPS) is 23.5. The van der Waals surface area contributed by atoms with Gasteiger partial charge in [0.15, 0.2) is 0 Å². The first kappa shape index (κ1) is 17.4. The Hall–Kier alpha value is -3.03. The number of nitrogens with two attached hydrogens (primary N) is 1. The predicted molar refractivity (Wildman–Crippen MR) is 99.7 cm³/mol. The summed E-state index contributed by atoms with van der Waals surface area (Å²) < 4.78 is 26.9. The summed E-state index contributed by atoms with van der Waals surface area (Å²) in [7, 11) is 0. The number of hydrogen-bond acceptors (Lipinski definition) is 5. The Kier molecular flexibility index (Phi) is 4.47. The molecule has 1 aromatic heterocycles. The van der Waals surface area contributed by atoms with Crippen molar-refractivity contribution in [1.82, 2.24) is 4.98 Å². The van der Waals surface area contributed by atoms with Gasteiger partial charge in [-0.1, -0.05) is 0 Å². The smallest absolute Gasteiger partial charge is 0.264 e. The summed E-state index contributed by atoms with van der Waals surface area (Å²) in [5, 5.41) is 2.87. The molecule has 2 fully saturated rings. The van der Waals surface area contributed by atoms with E-state index in [2.05, 4.69) is 15.3 Å². The van der Waals surface area contributed by atoms with Crippen LogP contribution in [-0.4, -0.2) is 36.7 Å². The Labute approximate surface area is 155 Å². The van der Waals surface area contributed by atoms with Crippen LogP contribution in [0.3, 0.4) is 0 Å². The van der Waals surface area contributed by atoms with Gasteiger partial charge in [-0.05, 0) is 36.1 Å². The zero-order chi connectivity index (χ0) is 19.0. The first-order valence-corrected chi connectivity index (χ1v) is 8.74. The van der Waals surface area contributed by atoms with Crippen molar-refractivity contribution in [3.63, 3.8) is 0 Å². The van der Waals surface area contributed by atoms with Gasteiger partial charge in [-0.25, -0.2) is 18.8 Å². The van der Waals surface area contributed by atoms with Crippen molar-refractivity contribution in [2.45, 2.75) is 0 Å². The molecule has 0 bridgehead atoms. The molecule has 1 saturated carbocycles. The molecule has 1 aliphatic carbocycles. The number of amides is 1. The third-order valence-electron chi connectivity index (χ3n) is 5.15. The molecule has 3 N–H and O–H groups in total. The van der Waals surface area contributed by atoms with Crippen molar-refractivity contribution in [1.29, 1.82) is 0 Å². The van der Waals surface area contributed by atoms with Gasteiger partial charge >= 0.3 is 0 Å². The summed E-state index contributed by atoms with van der Waals surface area (Å²) in [6.45, 7) is 1.38. The molecule has 2 atom stereocenters. The monoisotopic (exact) mass is 371 g/mol. The zero-order valence-corrected chi connectivity index (χ0v) is 14.5. The SMILES string of the molecule is Nc1cccnc1NCC(=O)N=CC1C2CN(c3ccc(F)cc3F)CC12. The number of piperidine rings is 1. The molecule has 2 aromatic rings. The van der Waals surface area contributed by atoms with Crippen molar-refractivity contribution >= 4 is 29.3 Å². The molecule has 6 nitrogen and oxygen atoms in total. The predicted octanol–water partition coefficient (Wildman–Crippen LogP) is 2.33. The van der Waals surface area contributed by atoms with Gasteiger partial charge in [0.05, 0.1) is 17.9 Å². The number of carbonyl (C=O) groups is 1. The number of nitrogens with one attached hydrogen (secondary N) is 1. The number of aliphatic imine (C=N–C) groups is 1. The number of nitrogens with zero attached hydrogens (tertiary/aromatic N) is 3. The van der Waals surface area contributed by atoms with Crippen LogP contribution in [0.25, 0.3) is 0 Å². The Morgan fingerprint density at radius 1 is 1.33 bits per heavy atom. The third kappa shape index (κ3) is 3.60. The maximum Gasteiger partial charge on any atom is 0.264 e. The molecule has 8 heteroatoms. The quantitative estimate of drug-likeness (QED) is 0.788. The number of fused-ring (bicyclic) bond motifs is 1. The molecule has 1 saturated heterocycles. The Balaban J connectivity index is 1.27. The number of aromatic nitrogens is 1. The van der Waals surface area contributed by atoms with E-state index in [1.807, 2.05) is 4.90 Å².